The van der Waals surface area contributed by atoms with E-state index in [-0.39, 0.29) is 11.6 Å². The average Bonchev–Trinajstić information content (AvgIpc) is 2.95. The maximum absolute atomic E-state index is 12.4. The Kier molecular flexibility index (Phi) is 5.06. The molecule has 0 unspecified atom stereocenters. The van der Waals surface area contributed by atoms with E-state index in [1.54, 1.807) is 20.8 Å². The van der Waals surface area contributed by atoms with Gasteiger partial charge in [-0.3, -0.25) is 19.8 Å². The molecule has 0 spiro atoms. The summed E-state index contributed by atoms with van der Waals surface area (Å²) < 4.78 is 5.33. The van der Waals surface area contributed by atoms with Crippen LogP contribution in [0, 0.1) is 10.1 Å². The standard InChI is InChI=1S/C16H21N3O5/c1-16(2,3)24-15(21)18-10-4-5-13(18)14(20)17-11-6-8-12(9-7-11)19(22)23/h6-9,13H,4-5,10H2,1-3H3,(H,17,20)/t13-/m0/s1. The van der Waals surface area contributed by atoms with E-state index in [9.17, 15) is 19.7 Å². The Bertz CT molecular complexity index is 636. The summed E-state index contributed by atoms with van der Waals surface area (Å²) in [5, 5.41) is 13.3. The highest BCUT2D eigenvalue weighted by molar-refractivity contribution is 5.96. The molecule has 8 nitrogen and oxygen atoms in total. The number of rotatable bonds is 3. The fourth-order valence-corrected chi connectivity index (χ4v) is 2.47. The van der Waals surface area contributed by atoms with Crippen molar-refractivity contribution in [2.45, 2.75) is 45.3 Å². The van der Waals surface area contributed by atoms with Gasteiger partial charge in [-0.05, 0) is 45.7 Å². The van der Waals surface area contributed by atoms with Crippen LogP contribution in [0.4, 0.5) is 16.2 Å². The van der Waals surface area contributed by atoms with Crippen LogP contribution in [-0.4, -0.2) is 40.0 Å². The van der Waals surface area contributed by atoms with Crippen LogP contribution in [0.5, 0.6) is 0 Å². The molecule has 0 saturated carbocycles. The third-order valence-electron chi connectivity index (χ3n) is 3.53. The van der Waals surface area contributed by atoms with Gasteiger partial charge in [0.25, 0.3) is 5.69 Å². The topological polar surface area (TPSA) is 102 Å². The Balaban J connectivity index is 2.02. The van der Waals surface area contributed by atoms with Crippen molar-refractivity contribution in [3.63, 3.8) is 0 Å². The Morgan fingerprint density at radius 1 is 1.29 bits per heavy atom. The summed E-state index contributed by atoms with van der Waals surface area (Å²) in [4.78, 5) is 36.2. The molecule has 1 aromatic carbocycles. The van der Waals surface area contributed by atoms with Crippen LogP contribution in [0.15, 0.2) is 24.3 Å². The fraction of sp³-hybridized carbons (Fsp3) is 0.500. The van der Waals surface area contributed by atoms with Crippen molar-refractivity contribution in [2.24, 2.45) is 0 Å². The molecule has 1 aromatic rings. The van der Waals surface area contributed by atoms with Gasteiger partial charge in [0, 0.05) is 24.4 Å². The minimum absolute atomic E-state index is 0.0516. The molecule has 2 amide bonds. The molecule has 1 saturated heterocycles. The number of hydrogen-bond acceptors (Lipinski definition) is 5. The molecule has 0 aliphatic carbocycles. The van der Waals surface area contributed by atoms with E-state index < -0.39 is 22.7 Å². The van der Waals surface area contributed by atoms with Gasteiger partial charge in [-0.1, -0.05) is 0 Å². The summed E-state index contributed by atoms with van der Waals surface area (Å²) in [5.41, 5.74) is -0.232. The SMILES string of the molecule is CC(C)(C)OC(=O)N1CCC[C@H]1C(=O)Nc1ccc([N+](=O)[O-])cc1. The van der Waals surface area contributed by atoms with Crippen molar-refractivity contribution in [1.82, 2.24) is 4.90 Å². The predicted octanol–water partition coefficient (Wildman–Crippen LogP) is 2.93. The number of ether oxygens (including phenoxy) is 1. The molecule has 0 radical (unpaired) electrons. The Labute approximate surface area is 139 Å². The highest BCUT2D eigenvalue weighted by atomic mass is 16.6. The highest BCUT2D eigenvalue weighted by Crippen LogP contribution is 2.23. The van der Waals surface area contributed by atoms with Gasteiger partial charge in [0.1, 0.15) is 11.6 Å². The van der Waals surface area contributed by atoms with E-state index in [0.717, 1.165) is 6.42 Å². The van der Waals surface area contributed by atoms with E-state index >= 15 is 0 Å². The van der Waals surface area contributed by atoms with Crippen LogP contribution in [0.2, 0.25) is 0 Å². The number of nitro benzene ring substituents is 1. The maximum atomic E-state index is 12.4. The Morgan fingerprint density at radius 2 is 1.92 bits per heavy atom. The lowest BCUT2D eigenvalue weighted by molar-refractivity contribution is -0.384. The Hall–Kier alpha value is -2.64. The number of nitro groups is 1. The molecule has 1 heterocycles. The van der Waals surface area contributed by atoms with Crippen molar-refractivity contribution in [3.8, 4) is 0 Å². The molecule has 24 heavy (non-hydrogen) atoms. The molecule has 1 aliphatic rings. The van der Waals surface area contributed by atoms with Gasteiger partial charge in [0.2, 0.25) is 5.91 Å². The zero-order valence-corrected chi connectivity index (χ0v) is 13.9. The molecule has 8 heteroatoms. The maximum Gasteiger partial charge on any atom is 0.410 e. The van der Waals surface area contributed by atoms with E-state index in [1.165, 1.54) is 29.2 Å². The first kappa shape index (κ1) is 17.7. The summed E-state index contributed by atoms with van der Waals surface area (Å²) in [6.45, 7) is 5.78. The first-order chi connectivity index (χ1) is 11.2. The minimum atomic E-state index is -0.626. The van der Waals surface area contributed by atoms with Crippen molar-refractivity contribution in [3.05, 3.63) is 34.4 Å². The Morgan fingerprint density at radius 3 is 2.46 bits per heavy atom. The number of anilines is 1. The van der Waals surface area contributed by atoms with Gasteiger partial charge in [0.05, 0.1) is 4.92 Å². The number of amides is 2. The van der Waals surface area contributed by atoms with Crippen LogP contribution in [0.25, 0.3) is 0 Å². The number of hydrogen-bond donors (Lipinski definition) is 1. The van der Waals surface area contributed by atoms with Gasteiger partial charge in [-0.2, -0.15) is 0 Å². The molecule has 0 bridgehead atoms. The smallest absolute Gasteiger partial charge is 0.410 e. The number of nitrogens with zero attached hydrogens (tertiary/aromatic N) is 2. The monoisotopic (exact) mass is 335 g/mol. The van der Waals surface area contributed by atoms with Crippen molar-refractivity contribution < 1.29 is 19.2 Å². The van der Waals surface area contributed by atoms with Crippen molar-refractivity contribution in [1.29, 1.82) is 0 Å². The van der Waals surface area contributed by atoms with Crippen LogP contribution in [0.1, 0.15) is 33.6 Å². The predicted molar refractivity (Wildman–Crippen MR) is 87.7 cm³/mol. The van der Waals surface area contributed by atoms with Gasteiger partial charge in [-0.25, -0.2) is 4.79 Å². The molecule has 130 valence electrons. The third-order valence-corrected chi connectivity index (χ3v) is 3.53. The molecule has 0 aromatic heterocycles. The van der Waals surface area contributed by atoms with E-state index in [2.05, 4.69) is 5.32 Å². The van der Waals surface area contributed by atoms with Crippen molar-refractivity contribution >= 4 is 23.4 Å². The lowest BCUT2D eigenvalue weighted by atomic mass is 10.2. The average molecular weight is 335 g/mol. The summed E-state index contributed by atoms with van der Waals surface area (Å²) in [6.07, 6.45) is 0.763. The van der Waals surface area contributed by atoms with Gasteiger partial charge in [0.15, 0.2) is 0 Å². The number of likely N-dealkylation sites (tertiary alicyclic amines) is 1. The number of non-ortho nitro benzene ring substituents is 1. The normalized spacial score (nSPS) is 17.5. The van der Waals surface area contributed by atoms with E-state index in [1.807, 2.05) is 0 Å². The summed E-state index contributed by atoms with van der Waals surface area (Å²) in [7, 11) is 0. The lowest BCUT2D eigenvalue weighted by Crippen LogP contribution is -2.45. The largest absolute Gasteiger partial charge is 0.444 e. The second-order valence-corrected chi connectivity index (χ2v) is 6.62. The first-order valence-electron chi connectivity index (χ1n) is 7.72. The van der Waals surface area contributed by atoms with E-state index in [4.69, 9.17) is 4.74 Å². The summed E-state index contributed by atoms with van der Waals surface area (Å²) in [5.74, 6) is -0.327. The van der Waals surface area contributed by atoms with E-state index in [0.29, 0.717) is 18.7 Å². The lowest BCUT2D eigenvalue weighted by Gasteiger charge is -2.28. The number of carbonyl (C=O) groups excluding carboxylic acids is 2. The van der Waals surface area contributed by atoms with Crippen LogP contribution < -0.4 is 5.32 Å². The summed E-state index contributed by atoms with van der Waals surface area (Å²) in [6, 6.07) is 4.95. The molecular formula is C16H21N3O5. The number of benzene rings is 1. The first-order valence-corrected chi connectivity index (χ1v) is 7.72. The summed E-state index contributed by atoms with van der Waals surface area (Å²) >= 11 is 0. The second kappa shape index (κ2) is 6.86. The minimum Gasteiger partial charge on any atom is -0.444 e. The van der Waals surface area contributed by atoms with Crippen molar-refractivity contribution in [2.75, 3.05) is 11.9 Å². The van der Waals surface area contributed by atoms with Crippen LogP contribution in [0.3, 0.4) is 0 Å². The fourth-order valence-electron chi connectivity index (χ4n) is 2.47. The zero-order valence-electron chi connectivity index (χ0n) is 13.9. The third kappa shape index (κ3) is 4.43. The number of nitrogens with one attached hydrogen (secondary N) is 1. The van der Waals surface area contributed by atoms with Gasteiger partial charge < -0.3 is 10.1 Å². The quantitative estimate of drug-likeness (QED) is 0.676. The molecule has 2 rings (SSSR count). The molecule has 1 atom stereocenters. The molecule has 1 aliphatic heterocycles. The molecule has 1 N–H and O–H groups in total. The molecule has 1 fully saturated rings. The van der Waals surface area contributed by atoms with Crippen LogP contribution in [-0.2, 0) is 9.53 Å². The zero-order chi connectivity index (χ0) is 17.9. The second-order valence-electron chi connectivity index (χ2n) is 6.62. The molecular weight excluding hydrogens is 314 g/mol. The van der Waals surface area contributed by atoms with Gasteiger partial charge in [-0.15, -0.1) is 0 Å². The number of carbonyl (C=O) groups is 2. The van der Waals surface area contributed by atoms with Crippen LogP contribution >= 0.6 is 0 Å². The highest BCUT2D eigenvalue weighted by Gasteiger charge is 2.36. The van der Waals surface area contributed by atoms with Gasteiger partial charge >= 0.3 is 6.09 Å².